The SMILES string of the molecule is CCOC1CC(CC(Cc2ccc(F)c(Br)c2)NN)C1. The maximum Gasteiger partial charge on any atom is 0.137 e. The molecule has 1 saturated carbocycles. The molecule has 1 aromatic carbocycles. The summed E-state index contributed by atoms with van der Waals surface area (Å²) < 4.78 is 19.3. The van der Waals surface area contributed by atoms with Crippen molar-refractivity contribution in [1.29, 1.82) is 0 Å². The molecule has 0 heterocycles. The van der Waals surface area contributed by atoms with Crippen LogP contribution in [0.15, 0.2) is 22.7 Å². The van der Waals surface area contributed by atoms with Crippen LogP contribution >= 0.6 is 15.9 Å². The van der Waals surface area contributed by atoms with Crippen LogP contribution in [0, 0.1) is 11.7 Å². The van der Waals surface area contributed by atoms with Crippen molar-refractivity contribution in [3.63, 3.8) is 0 Å². The molecule has 0 radical (unpaired) electrons. The van der Waals surface area contributed by atoms with Gasteiger partial charge in [-0.3, -0.25) is 11.3 Å². The Morgan fingerprint density at radius 3 is 2.85 bits per heavy atom. The summed E-state index contributed by atoms with van der Waals surface area (Å²) in [6.45, 7) is 2.82. The second-order valence-electron chi connectivity index (χ2n) is 5.47. The first-order valence-corrected chi connectivity index (χ1v) is 7.93. The Labute approximate surface area is 128 Å². The zero-order valence-electron chi connectivity index (χ0n) is 11.7. The van der Waals surface area contributed by atoms with Crippen molar-refractivity contribution in [2.45, 2.75) is 44.8 Å². The maximum absolute atomic E-state index is 13.2. The molecule has 112 valence electrons. The molecule has 1 fully saturated rings. The van der Waals surface area contributed by atoms with Gasteiger partial charge in [0.15, 0.2) is 0 Å². The topological polar surface area (TPSA) is 47.3 Å². The van der Waals surface area contributed by atoms with E-state index in [1.807, 2.05) is 19.1 Å². The van der Waals surface area contributed by atoms with Crippen LogP contribution < -0.4 is 11.3 Å². The van der Waals surface area contributed by atoms with Gasteiger partial charge in [0.25, 0.3) is 0 Å². The van der Waals surface area contributed by atoms with Gasteiger partial charge in [0.05, 0.1) is 10.6 Å². The molecule has 3 N–H and O–H groups in total. The number of rotatable bonds is 7. The quantitative estimate of drug-likeness (QED) is 0.590. The standard InChI is InChI=1S/C15H22BrFN2O/c1-2-20-13-7-11(8-13)6-12(19-18)5-10-3-4-15(17)14(16)9-10/h3-4,9,11-13,19H,2,5-8,18H2,1H3. The molecular formula is C15H22BrFN2O. The maximum atomic E-state index is 13.2. The number of benzene rings is 1. The first-order chi connectivity index (χ1) is 9.62. The van der Waals surface area contributed by atoms with Gasteiger partial charge in [-0.05, 0) is 72.2 Å². The van der Waals surface area contributed by atoms with Crippen molar-refractivity contribution in [3.05, 3.63) is 34.1 Å². The molecule has 0 aliphatic heterocycles. The second kappa shape index (κ2) is 7.50. The lowest BCUT2D eigenvalue weighted by molar-refractivity contribution is -0.0290. The Balaban J connectivity index is 1.82. The van der Waals surface area contributed by atoms with Crippen LogP contribution in [0.5, 0.6) is 0 Å². The Morgan fingerprint density at radius 2 is 2.25 bits per heavy atom. The second-order valence-corrected chi connectivity index (χ2v) is 6.32. The van der Waals surface area contributed by atoms with Crippen molar-refractivity contribution in [1.82, 2.24) is 5.43 Å². The summed E-state index contributed by atoms with van der Waals surface area (Å²) in [6, 6.07) is 5.35. The third kappa shape index (κ3) is 4.25. The molecule has 1 aromatic rings. The third-order valence-electron chi connectivity index (χ3n) is 3.91. The van der Waals surface area contributed by atoms with Crippen LogP contribution in [-0.2, 0) is 11.2 Å². The van der Waals surface area contributed by atoms with Gasteiger partial charge < -0.3 is 4.74 Å². The van der Waals surface area contributed by atoms with E-state index in [9.17, 15) is 4.39 Å². The smallest absolute Gasteiger partial charge is 0.137 e. The fourth-order valence-electron chi connectivity index (χ4n) is 2.80. The van der Waals surface area contributed by atoms with Gasteiger partial charge in [0, 0.05) is 12.6 Å². The molecule has 0 amide bonds. The van der Waals surface area contributed by atoms with Crippen LogP contribution in [0.2, 0.25) is 0 Å². The highest BCUT2D eigenvalue weighted by molar-refractivity contribution is 9.10. The number of hydrazine groups is 1. The third-order valence-corrected chi connectivity index (χ3v) is 4.52. The minimum atomic E-state index is -0.232. The molecule has 3 nitrogen and oxygen atoms in total. The highest BCUT2D eigenvalue weighted by Crippen LogP contribution is 2.34. The number of hydrogen-bond acceptors (Lipinski definition) is 3. The van der Waals surface area contributed by atoms with Crippen LogP contribution in [-0.4, -0.2) is 18.8 Å². The highest BCUT2D eigenvalue weighted by Gasteiger charge is 2.31. The van der Waals surface area contributed by atoms with E-state index in [4.69, 9.17) is 10.6 Å². The summed E-state index contributed by atoms with van der Waals surface area (Å²) >= 11 is 3.22. The van der Waals surface area contributed by atoms with Crippen molar-refractivity contribution < 1.29 is 9.13 Å². The van der Waals surface area contributed by atoms with E-state index >= 15 is 0 Å². The molecule has 2 rings (SSSR count). The molecule has 0 bridgehead atoms. The van der Waals surface area contributed by atoms with E-state index in [1.54, 1.807) is 0 Å². The van der Waals surface area contributed by atoms with E-state index in [0.717, 1.165) is 37.9 Å². The van der Waals surface area contributed by atoms with Crippen LogP contribution in [0.4, 0.5) is 4.39 Å². The molecule has 20 heavy (non-hydrogen) atoms. The van der Waals surface area contributed by atoms with Gasteiger partial charge in [-0.15, -0.1) is 0 Å². The van der Waals surface area contributed by atoms with Crippen molar-refractivity contribution in [2.75, 3.05) is 6.61 Å². The lowest BCUT2D eigenvalue weighted by Crippen LogP contribution is -2.42. The van der Waals surface area contributed by atoms with Crippen molar-refractivity contribution in [2.24, 2.45) is 11.8 Å². The summed E-state index contributed by atoms with van der Waals surface area (Å²) in [5.41, 5.74) is 3.97. The molecule has 0 saturated heterocycles. The van der Waals surface area contributed by atoms with Gasteiger partial charge in [0.1, 0.15) is 5.82 Å². The fourth-order valence-corrected chi connectivity index (χ4v) is 3.23. The molecule has 5 heteroatoms. The summed E-state index contributed by atoms with van der Waals surface area (Å²) in [5.74, 6) is 6.09. The number of nitrogens with two attached hydrogens (primary N) is 1. The van der Waals surface area contributed by atoms with Gasteiger partial charge in [-0.2, -0.15) is 0 Å². The molecular weight excluding hydrogens is 323 g/mol. The van der Waals surface area contributed by atoms with Crippen LogP contribution in [0.3, 0.4) is 0 Å². The number of hydrogen-bond donors (Lipinski definition) is 2. The highest BCUT2D eigenvalue weighted by atomic mass is 79.9. The zero-order chi connectivity index (χ0) is 14.5. The summed E-state index contributed by atoms with van der Waals surface area (Å²) in [5, 5.41) is 0. The van der Waals surface area contributed by atoms with E-state index in [2.05, 4.69) is 21.4 Å². The van der Waals surface area contributed by atoms with E-state index in [1.165, 1.54) is 6.07 Å². The van der Waals surface area contributed by atoms with Gasteiger partial charge in [-0.1, -0.05) is 6.07 Å². The summed E-state index contributed by atoms with van der Waals surface area (Å²) in [4.78, 5) is 0. The van der Waals surface area contributed by atoms with Crippen LogP contribution in [0.1, 0.15) is 31.7 Å². The summed E-state index contributed by atoms with van der Waals surface area (Å²) in [6.07, 6.45) is 4.53. The molecule has 1 aliphatic carbocycles. The number of ether oxygens (including phenoxy) is 1. The molecule has 0 spiro atoms. The minimum absolute atomic E-state index is 0.222. The monoisotopic (exact) mass is 344 g/mol. The Bertz CT molecular complexity index is 438. The van der Waals surface area contributed by atoms with Gasteiger partial charge in [0.2, 0.25) is 0 Å². The molecule has 1 aliphatic rings. The van der Waals surface area contributed by atoms with Crippen molar-refractivity contribution >= 4 is 15.9 Å². The number of nitrogens with one attached hydrogen (secondary N) is 1. The first kappa shape index (κ1) is 15.9. The average molecular weight is 345 g/mol. The molecule has 1 unspecified atom stereocenters. The van der Waals surface area contributed by atoms with E-state index in [-0.39, 0.29) is 11.9 Å². The Hall–Kier alpha value is -0.490. The molecule has 0 aromatic heterocycles. The largest absolute Gasteiger partial charge is 0.378 e. The van der Waals surface area contributed by atoms with Gasteiger partial charge in [-0.25, -0.2) is 4.39 Å². The lowest BCUT2D eigenvalue weighted by Gasteiger charge is -2.37. The first-order valence-electron chi connectivity index (χ1n) is 7.14. The number of halogens is 2. The minimum Gasteiger partial charge on any atom is -0.378 e. The Morgan fingerprint density at radius 1 is 1.50 bits per heavy atom. The summed E-state index contributed by atoms with van der Waals surface area (Å²) in [7, 11) is 0. The predicted octanol–water partition coefficient (Wildman–Crippen LogP) is 3.17. The van der Waals surface area contributed by atoms with Crippen molar-refractivity contribution in [3.8, 4) is 0 Å². The van der Waals surface area contributed by atoms with Gasteiger partial charge >= 0.3 is 0 Å². The normalized spacial score (nSPS) is 23.4. The van der Waals surface area contributed by atoms with Crippen LogP contribution in [0.25, 0.3) is 0 Å². The Kier molecular flexibility index (Phi) is 5.96. The van der Waals surface area contributed by atoms with E-state index in [0.29, 0.717) is 16.5 Å². The molecule has 1 atom stereocenters. The zero-order valence-corrected chi connectivity index (χ0v) is 13.3. The predicted molar refractivity (Wildman–Crippen MR) is 81.7 cm³/mol. The lowest BCUT2D eigenvalue weighted by atomic mass is 9.77. The van der Waals surface area contributed by atoms with E-state index < -0.39 is 0 Å². The fraction of sp³-hybridized carbons (Fsp3) is 0.600. The average Bonchev–Trinajstić information content (AvgIpc) is 2.39.